The van der Waals surface area contributed by atoms with Gasteiger partial charge in [-0.3, -0.25) is 4.90 Å². The van der Waals surface area contributed by atoms with Gasteiger partial charge in [0.2, 0.25) is 0 Å². The van der Waals surface area contributed by atoms with Crippen LogP contribution in [0.2, 0.25) is 10.0 Å². The van der Waals surface area contributed by atoms with Crippen molar-refractivity contribution in [3.63, 3.8) is 0 Å². The van der Waals surface area contributed by atoms with Gasteiger partial charge in [0.15, 0.2) is 0 Å². The Kier molecular flexibility index (Phi) is 4.86. The number of nitrogen functional groups attached to an aromatic ring is 1. The van der Waals surface area contributed by atoms with Crippen molar-refractivity contribution in [1.82, 2.24) is 4.90 Å². The van der Waals surface area contributed by atoms with E-state index in [-0.39, 0.29) is 5.82 Å². The lowest BCUT2D eigenvalue weighted by atomic mass is 10.1. The van der Waals surface area contributed by atoms with Crippen LogP contribution in [0.4, 0.5) is 10.1 Å². The van der Waals surface area contributed by atoms with Crippen LogP contribution in [0.15, 0.2) is 36.4 Å². The monoisotopic (exact) mass is 312 g/mol. The van der Waals surface area contributed by atoms with E-state index in [1.54, 1.807) is 12.1 Å². The Labute approximate surface area is 127 Å². The van der Waals surface area contributed by atoms with Crippen LogP contribution in [-0.2, 0) is 13.1 Å². The summed E-state index contributed by atoms with van der Waals surface area (Å²) >= 11 is 12.0. The van der Waals surface area contributed by atoms with Crippen LogP contribution < -0.4 is 5.73 Å². The van der Waals surface area contributed by atoms with Crippen LogP contribution in [0.3, 0.4) is 0 Å². The number of nitrogens with zero attached hydrogens (tertiary/aromatic N) is 1. The van der Waals surface area contributed by atoms with Crippen LogP contribution in [-0.4, -0.2) is 11.9 Å². The number of halogens is 3. The van der Waals surface area contributed by atoms with Crippen molar-refractivity contribution in [1.29, 1.82) is 0 Å². The van der Waals surface area contributed by atoms with Crippen molar-refractivity contribution < 1.29 is 4.39 Å². The quantitative estimate of drug-likeness (QED) is 0.851. The van der Waals surface area contributed by atoms with Crippen molar-refractivity contribution in [2.75, 3.05) is 12.8 Å². The first-order valence-electron chi connectivity index (χ1n) is 6.12. The highest BCUT2D eigenvalue weighted by Crippen LogP contribution is 2.29. The largest absolute Gasteiger partial charge is 0.396 e. The molecule has 2 rings (SSSR count). The topological polar surface area (TPSA) is 29.3 Å². The Hall–Kier alpha value is -1.29. The highest BCUT2D eigenvalue weighted by atomic mass is 35.5. The summed E-state index contributed by atoms with van der Waals surface area (Å²) in [5.41, 5.74) is 8.14. The number of rotatable bonds is 4. The van der Waals surface area contributed by atoms with Crippen molar-refractivity contribution in [2.45, 2.75) is 13.1 Å². The van der Waals surface area contributed by atoms with Gasteiger partial charge in [-0.2, -0.15) is 0 Å². The number of anilines is 1. The second kappa shape index (κ2) is 6.44. The van der Waals surface area contributed by atoms with Gasteiger partial charge in [0.25, 0.3) is 0 Å². The van der Waals surface area contributed by atoms with Crippen LogP contribution in [0, 0.1) is 5.82 Å². The van der Waals surface area contributed by atoms with Gasteiger partial charge < -0.3 is 5.73 Å². The first-order valence-corrected chi connectivity index (χ1v) is 6.87. The van der Waals surface area contributed by atoms with Gasteiger partial charge in [-0.05, 0) is 42.4 Å². The van der Waals surface area contributed by atoms with Gasteiger partial charge in [0, 0.05) is 13.1 Å². The summed E-state index contributed by atoms with van der Waals surface area (Å²) in [4.78, 5) is 2.09. The molecule has 2 aromatic carbocycles. The van der Waals surface area contributed by atoms with Crippen LogP contribution in [0.25, 0.3) is 0 Å². The van der Waals surface area contributed by atoms with E-state index in [4.69, 9.17) is 28.9 Å². The number of hydrogen-bond acceptors (Lipinski definition) is 2. The van der Waals surface area contributed by atoms with Gasteiger partial charge in [-0.25, -0.2) is 4.39 Å². The minimum absolute atomic E-state index is 0.228. The molecule has 0 saturated heterocycles. The Morgan fingerprint density at radius 3 is 2.05 bits per heavy atom. The standard InChI is InChI=1S/C15H15Cl2FN2/c1-20(8-10-2-4-12(18)5-3-10)9-11-6-13(16)15(19)14(17)7-11/h2-7H,8-9,19H2,1H3. The molecule has 0 amide bonds. The number of benzene rings is 2. The molecule has 106 valence electrons. The first kappa shape index (κ1) is 15.1. The van der Waals surface area contributed by atoms with E-state index in [0.717, 1.165) is 11.1 Å². The molecule has 0 bridgehead atoms. The maximum Gasteiger partial charge on any atom is 0.123 e. The fourth-order valence-electron chi connectivity index (χ4n) is 2.00. The van der Waals surface area contributed by atoms with Gasteiger partial charge in [0.1, 0.15) is 5.82 Å². The third-order valence-corrected chi connectivity index (χ3v) is 3.58. The summed E-state index contributed by atoms with van der Waals surface area (Å²) in [6.45, 7) is 1.39. The molecule has 0 aromatic heterocycles. The molecule has 2 aromatic rings. The van der Waals surface area contributed by atoms with E-state index in [1.165, 1.54) is 12.1 Å². The molecule has 0 radical (unpaired) electrons. The van der Waals surface area contributed by atoms with E-state index < -0.39 is 0 Å². The van der Waals surface area contributed by atoms with Crippen molar-refractivity contribution in [3.05, 3.63) is 63.4 Å². The molecule has 0 aliphatic rings. The summed E-state index contributed by atoms with van der Waals surface area (Å²) in [6, 6.07) is 10.1. The summed E-state index contributed by atoms with van der Waals surface area (Å²) in [6.07, 6.45) is 0. The summed E-state index contributed by atoms with van der Waals surface area (Å²) < 4.78 is 12.8. The van der Waals surface area contributed by atoms with Gasteiger partial charge >= 0.3 is 0 Å². The lowest BCUT2D eigenvalue weighted by Crippen LogP contribution is -2.17. The molecule has 0 heterocycles. The zero-order valence-corrected chi connectivity index (χ0v) is 12.5. The summed E-state index contributed by atoms with van der Waals surface area (Å²) in [5.74, 6) is -0.228. The van der Waals surface area contributed by atoms with Gasteiger partial charge in [0.05, 0.1) is 15.7 Å². The lowest BCUT2D eigenvalue weighted by molar-refractivity contribution is 0.319. The third kappa shape index (κ3) is 3.85. The highest BCUT2D eigenvalue weighted by molar-refractivity contribution is 6.38. The Morgan fingerprint density at radius 1 is 1.00 bits per heavy atom. The normalized spacial score (nSPS) is 11.1. The molecular weight excluding hydrogens is 298 g/mol. The minimum Gasteiger partial charge on any atom is -0.396 e. The molecule has 0 saturated carbocycles. The van der Waals surface area contributed by atoms with E-state index >= 15 is 0 Å². The van der Waals surface area contributed by atoms with Crippen LogP contribution in [0.1, 0.15) is 11.1 Å². The Morgan fingerprint density at radius 2 is 1.50 bits per heavy atom. The van der Waals surface area contributed by atoms with Gasteiger partial charge in [-0.15, -0.1) is 0 Å². The third-order valence-electron chi connectivity index (χ3n) is 2.96. The molecule has 0 aliphatic heterocycles. The molecule has 0 aliphatic carbocycles. The smallest absolute Gasteiger partial charge is 0.123 e. The molecule has 0 fully saturated rings. The predicted molar refractivity (Wildman–Crippen MR) is 82.4 cm³/mol. The Bertz CT molecular complexity index is 576. The van der Waals surface area contributed by atoms with E-state index in [1.807, 2.05) is 19.2 Å². The molecule has 0 unspecified atom stereocenters. The highest BCUT2D eigenvalue weighted by Gasteiger charge is 2.07. The number of nitrogens with two attached hydrogens (primary N) is 1. The van der Waals surface area contributed by atoms with E-state index in [9.17, 15) is 4.39 Å². The van der Waals surface area contributed by atoms with Gasteiger partial charge in [-0.1, -0.05) is 35.3 Å². The second-order valence-electron chi connectivity index (χ2n) is 4.77. The average molecular weight is 313 g/mol. The van der Waals surface area contributed by atoms with Crippen molar-refractivity contribution in [3.8, 4) is 0 Å². The predicted octanol–water partition coefficient (Wildman–Crippen LogP) is 4.35. The molecular formula is C15H15Cl2FN2. The average Bonchev–Trinajstić information content (AvgIpc) is 2.38. The molecule has 2 nitrogen and oxygen atoms in total. The lowest BCUT2D eigenvalue weighted by Gasteiger charge is -2.17. The fourth-order valence-corrected chi connectivity index (χ4v) is 2.53. The number of hydrogen-bond donors (Lipinski definition) is 1. The Balaban J connectivity index is 2.04. The van der Waals surface area contributed by atoms with E-state index in [0.29, 0.717) is 28.8 Å². The maximum atomic E-state index is 12.8. The van der Waals surface area contributed by atoms with Crippen molar-refractivity contribution >= 4 is 28.9 Å². The molecule has 0 atom stereocenters. The zero-order valence-electron chi connectivity index (χ0n) is 11.0. The molecule has 20 heavy (non-hydrogen) atoms. The second-order valence-corrected chi connectivity index (χ2v) is 5.59. The molecule has 5 heteroatoms. The molecule has 0 spiro atoms. The summed E-state index contributed by atoms with van der Waals surface area (Å²) in [7, 11) is 1.97. The SMILES string of the molecule is CN(Cc1ccc(F)cc1)Cc1cc(Cl)c(N)c(Cl)c1. The molecule has 2 N–H and O–H groups in total. The van der Waals surface area contributed by atoms with Crippen molar-refractivity contribution in [2.24, 2.45) is 0 Å². The van der Waals surface area contributed by atoms with Crippen LogP contribution >= 0.6 is 23.2 Å². The summed E-state index contributed by atoms with van der Waals surface area (Å²) in [5, 5.41) is 0.922. The zero-order chi connectivity index (χ0) is 14.7. The van der Waals surface area contributed by atoms with Crippen LogP contribution in [0.5, 0.6) is 0 Å². The fraction of sp³-hybridized carbons (Fsp3) is 0.200. The first-order chi connectivity index (χ1) is 9.45. The van der Waals surface area contributed by atoms with E-state index in [2.05, 4.69) is 4.90 Å². The maximum absolute atomic E-state index is 12.8. The minimum atomic E-state index is -0.228.